The second kappa shape index (κ2) is 6.64. The monoisotopic (exact) mass is 374 g/mol. The first-order valence-electron chi connectivity index (χ1n) is 9.49. The summed E-state index contributed by atoms with van der Waals surface area (Å²) in [4.78, 5) is 15.0. The quantitative estimate of drug-likeness (QED) is 0.770. The third kappa shape index (κ3) is 3.07. The second-order valence-corrected chi connectivity index (χ2v) is 8.05. The highest BCUT2D eigenvalue weighted by atomic mass is 19.1. The Kier molecular flexibility index (Phi) is 4.89. The minimum atomic E-state index is -0.704. The first-order valence-corrected chi connectivity index (χ1v) is 9.49. The molecule has 1 aromatic carbocycles. The normalized spacial score (nSPS) is 18.3. The molecule has 146 valence electrons. The zero-order valence-electron chi connectivity index (χ0n) is 17.2. The largest absolute Gasteiger partial charge is 0.513 e. The Balaban J connectivity index is 2.25. The van der Waals surface area contributed by atoms with Gasteiger partial charge in [0.25, 0.3) is 0 Å². The van der Waals surface area contributed by atoms with Crippen LogP contribution in [-0.2, 0) is 9.31 Å². The minimum absolute atomic E-state index is 0.201. The molecule has 0 radical (unpaired) electrons. The van der Waals surface area contributed by atoms with Gasteiger partial charge in [0, 0.05) is 18.5 Å². The Hall–Kier alpha value is -1.86. The van der Waals surface area contributed by atoms with Gasteiger partial charge in [-0.05, 0) is 72.2 Å². The lowest BCUT2D eigenvalue weighted by atomic mass is 9.81. The highest BCUT2D eigenvalue weighted by Crippen LogP contribution is 2.37. The fourth-order valence-corrected chi connectivity index (χ4v) is 3.52. The molecule has 1 amide bonds. The number of carbonyl (C=O) groups is 1. The van der Waals surface area contributed by atoms with Gasteiger partial charge in [-0.15, -0.1) is 0 Å². The number of halogens is 1. The molecule has 1 aliphatic rings. The molecular formula is C20H28BFN2O3. The number of rotatable bonds is 3. The van der Waals surface area contributed by atoms with Crippen molar-refractivity contribution in [2.24, 2.45) is 0 Å². The number of aryl methyl sites for hydroxylation is 1. The molecule has 1 aromatic heterocycles. The average Bonchev–Trinajstić information content (AvgIpc) is 2.98. The molecule has 1 fully saturated rings. The van der Waals surface area contributed by atoms with Crippen LogP contribution < -0.4 is 5.59 Å². The first kappa shape index (κ1) is 19.9. The van der Waals surface area contributed by atoms with Crippen LogP contribution in [0, 0.1) is 12.7 Å². The molecule has 0 N–H and O–H groups in total. The van der Waals surface area contributed by atoms with Gasteiger partial charge in [0.15, 0.2) is 0 Å². The van der Waals surface area contributed by atoms with Crippen molar-refractivity contribution in [3.8, 4) is 0 Å². The average molecular weight is 374 g/mol. The number of hydrogen-bond donors (Lipinski definition) is 0. The lowest BCUT2D eigenvalue weighted by Crippen LogP contribution is -2.46. The molecule has 7 heteroatoms. The van der Waals surface area contributed by atoms with Gasteiger partial charge in [0.2, 0.25) is 0 Å². The van der Waals surface area contributed by atoms with Crippen molar-refractivity contribution in [1.82, 2.24) is 9.47 Å². The summed E-state index contributed by atoms with van der Waals surface area (Å²) in [5.74, 6) is -0.380. The van der Waals surface area contributed by atoms with Crippen molar-refractivity contribution in [2.45, 2.75) is 59.7 Å². The molecule has 0 atom stereocenters. The van der Waals surface area contributed by atoms with Gasteiger partial charge >= 0.3 is 13.1 Å². The van der Waals surface area contributed by atoms with Crippen molar-refractivity contribution in [3.05, 3.63) is 29.6 Å². The van der Waals surface area contributed by atoms with E-state index in [0.717, 1.165) is 10.9 Å². The van der Waals surface area contributed by atoms with Gasteiger partial charge in [0.05, 0.1) is 22.3 Å². The summed E-state index contributed by atoms with van der Waals surface area (Å²) < 4.78 is 28.0. The number of fused-ring (bicyclic) bond motifs is 1. The predicted molar refractivity (Wildman–Crippen MR) is 106 cm³/mol. The summed E-state index contributed by atoms with van der Waals surface area (Å²) in [6.07, 6.45) is 0. The Labute approximate surface area is 160 Å². The van der Waals surface area contributed by atoms with E-state index in [-0.39, 0.29) is 11.8 Å². The third-order valence-electron chi connectivity index (χ3n) is 5.93. The van der Waals surface area contributed by atoms with Crippen molar-refractivity contribution < 1.29 is 18.5 Å². The number of carbonyl (C=O) groups excluding carboxylic acids is 1. The number of hydrogen-bond acceptors (Lipinski definition) is 3. The Morgan fingerprint density at radius 1 is 1.15 bits per heavy atom. The third-order valence-corrected chi connectivity index (χ3v) is 5.93. The van der Waals surface area contributed by atoms with E-state index in [2.05, 4.69) is 0 Å². The molecule has 3 rings (SSSR count). The highest BCUT2D eigenvalue weighted by Gasteiger charge is 2.53. The van der Waals surface area contributed by atoms with Crippen LogP contribution in [0.4, 0.5) is 9.18 Å². The maximum atomic E-state index is 14.0. The van der Waals surface area contributed by atoms with Gasteiger partial charge < -0.3 is 14.2 Å². The Bertz CT molecular complexity index is 871. The summed E-state index contributed by atoms with van der Waals surface area (Å²) in [5, 5.41) is 0.821. The summed E-state index contributed by atoms with van der Waals surface area (Å²) in [5.41, 5.74) is 0.966. The minimum Gasteiger partial charge on any atom is -0.398 e. The van der Waals surface area contributed by atoms with E-state index in [1.165, 1.54) is 12.1 Å². The molecule has 2 aromatic rings. The summed E-state index contributed by atoms with van der Waals surface area (Å²) in [6, 6.07) is 4.32. The molecule has 2 heterocycles. The van der Waals surface area contributed by atoms with Crippen LogP contribution in [-0.4, -0.2) is 46.9 Å². The van der Waals surface area contributed by atoms with Gasteiger partial charge in [-0.3, -0.25) is 4.57 Å². The van der Waals surface area contributed by atoms with Crippen molar-refractivity contribution >= 4 is 29.6 Å². The van der Waals surface area contributed by atoms with Crippen molar-refractivity contribution in [1.29, 1.82) is 0 Å². The second-order valence-electron chi connectivity index (χ2n) is 8.05. The smallest absolute Gasteiger partial charge is 0.398 e. The first-order chi connectivity index (χ1) is 12.5. The standard InChI is InChI=1S/C20H28BFN2O3/c1-8-23(9-2)18(25)24-16-12-14(22)10-11-15(16)13(3)17(24)21-26-19(4,5)20(6,7)27-21/h10-12H,8-9H2,1-7H3. The van der Waals surface area contributed by atoms with Crippen LogP contribution in [0.5, 0.6) is 0 Å². The zero-order chi connectivity index (χ0) is 20.1. The highest BCUT2D eigenvalue weighted by molar-refractivity contribution is 6.63. The SMILES string of the molecule is CCN(CC)C(=O)n1c(B2OC(C)(C)C(C)(C)O2)c(C)c2ccc(F)cc21. The molecule has 1 saturated heterocycles. The van der Waals surface area contributed by atoms with E-state index >= 15 is 0 Å². The fourth-order valence-electron chi connectivity index (χ4n) is 3.52. The molecule has 0 spiro atoms. The summed E-state index contributed by atoms with van der Waals surface area (Å²) in [7, 11) is -0.704. The van der Waals surface area contributed by atoms with Crippen molar-refractivity contribution in [3.63, 3.8) is 0 Å². The molecule has 0 saturated carbocycles. The van der Waals surface area contributed by atoms with Gasteiger partial charge in [-0.25, -0.2) is 9.18 Å². The van der Waals surface area contributed by atoms with E-state index in [4.69, 9.17) is 9.31 Å². The molecule has 0 aliphatic carbocycles. The molecular weight excluding hydrogens is 346 g/mol. The molecule has 27 heavy (non-hydrogen) atoms. The maximum absolute atomic E-state index is 14.0. The van der Waals surface area contributed by atoms with Crippen LogP contribution >= 0.6 is 0 Å². The lowest BCUT2D eigenvalue weighted by Gasteiger charge is -2.32. The van der Waals surface area contributed by atoms with Crippen LogP contribution in [0.3, 0.4) is 0 Å². The number of benzene rings is 1. The Morgan fingerprint density at radius 2 is 1.70 bits per heavy atom. The van der Waals surface area contributed by atoms with Crippen LogP contribution in [0.2, 0.25) is 0 Å². The Morgan fingerprint density at radius 3 is 2.22 bits per heavy atom. The maximum Gasteiger partial charge on any atom is 0.513 e. The van der Waals surface area contributed by atoms with Gasteiger partial charge in [-0.1, -0.05) is 0 Å². The van der Waals surface area contributed by atoms with E-state index in [0.29, 0.717) is 24.2 Å². The van der Waals surface area contributed by atoms with E-state index in [1.54, 1.807) is 15.5 Å². The lowest BCUT2D eigenvalue weighted by molar-refractivity contribution is 0.00578. The van der Waals surface area contributed by atoms with E-state index in [9.17, 15) is 9.18 Å². The molecule has 1 aliphatic heterocycles. The summed E-state index contributed by atoms with van der Waals surface area (Å²) in [6.45, 7) is 14.8. The van der Waals surface area contributed by atoms with Crippen LogP contribution in [0.25, 0.3) is 10.9 Å². The zero-order valence-corrected chi connectivity index (χ0v) is 17.2. The van der Waals surface area contributed by atoms with Gasteiger partial charge in [0.1, 0.15) is 5.82 Å². The molecule has 0 unspecified atom stereocenters. The van der Waals surface area contributed by atoms with E-state index < -0.39 is 18.3 Å². The van der Waals surface area contributed by atoms with Crippen LogP contribution in [0.1, 0.15) is 47.1 Å². The summed E-state index contributed by atoms with van der Waals surface area (Å²) >= 11 is 0. The van der Waals surface area contributed by atoms with E-state index in [1.807, 2.05) is 48.5 Å². The topological polar surface area (TPSA) is 43.7 Å². The molecule has 5 nitrogen and oxygen atoms in total. The van der Waals surface area contributed by atoms with Crippen LogP contribution in [0.15, 0.2) is 18.2 Å². The number of aromatic nitrogens is 1. The van der Waals surface area contributed by atoms with Gasteiger partial charge in [-0.2, -0.15) is 0 Å². The van der Waals surface area contributed by atoms with Crippen molar-refractivity contribution in [2.75, 3.05) is 13.1 Å². The molecule has 0 bridgehead atoms. The fraction of sp³-hybridized carbons (Fsp3) is 0.550. The predicted octanol–water partition coefficient (Wildman–Crippen LogP) is 3.70. The number of amides is 1. The number of nitrogens with zero attached hydrogens (tertiary/aromatic N) is 2.